The highest BCUT2D eigenvalue weighted by Gasteiger charge is 2.14. The van der Waals surface area contributed by atoms with E-state index >= 15 is 0 Å². The molecule has 1 aromatic heterocycles. The maximum atomic E-state index is 4.93. The molecule has 0 amide bonds. The van der Waals surface area contributed by atoms with Gasteiger partial charge < -0.3 is 0 Å². The molecule has 0 radical (unpaired) electrons. The minimum absolute atomic E-state index is 0.349. The molecule has 0 aliphatic carbocycles. The predicted octanol–water partition coefficient (Wildman–Crippen LogP) is 5.37. The standard InChI is InChI=1S/C20H22N2/c1-4-8-15-11-12-17-18(13-15)22-19(14(2)3)20(21-17)16-9-6-5-7-10-16/h5-7,9-14H,4,8H2,1-3H3. The summed E-state index contributed by atoms with van der Waals surface area (Å²) in [6.45, 7) is 6.56. The zero-order valence-electron chi connectivity index (χ0n) is 13.5. The van der Waals surface area contributed by atoms with Gasteiger partial charge in [-0.2, -0.15) is 0 Å². The smallest absolute Gasteiger partial charge is 0.0927 e. The Morgan fingerprint density at radius 2 is 1.68 bits per heavy atom. The molecule has 0 aliphatic heterocycles. The lowest BCUT2D eigenvalue weighted by Crippen LogP contribution is -2.01. The van der Waals surface area contributed by atoms with Crippen molar-refractivity contribution in [3.05, 3.63) is 59.8 Å². The van der Waals surface area contributed by atoms with Crippen LogP contribution in [-0.2, 0) is 6.42 Å². The molecule has 22 heavy (non-hydrogen) atoms. The van der Waals surface area contributed by atoms with Crippen molar-refractivity contribution >= 4 is 11.0 Å². The lowest BCUT2D eigenvalue weighted by Gasteiger charge is -2.13. The molecule has 1 heterocycles. The molecular formula is C20H22N2. The molecule has 2 nitrogen and oxygen atoms in total. The molecule has 0 unspecified atom stereocenters. The Hall–Kier alpha value is -2.22. The molecule has 0 saturated heterocycles. The van der Waals surface area contributed by atoms with Gasteiger partial charge >= 0.3 is 0 Å². The van der Waals surface area contributed by atoms with Crippen LogP contribution >= 0.6 is 0 Å². The van der Waals surface area contributed by atoms with E-state index in [0.29, 0.717) is 5.92 Å². The molecule has 0 bridgehead atoms. The Bertz CT molecular complexity index is 776. The Morgan fingerprint density at radius 3 is 2.36 bits per heavy atom. The highest BCUT2D eigenvalue weighted by atomic mass is 14.8. The van der Waals surface area contributed by atoms with E-state index in [1.807, 2.05) is 6.07 Å². The van der Waals surface area contributed by atoms with Crippen LogP contribution in [0.3, 0.4) is 0 Å². The van der Waals surface area contributed by atoms with Crippen molar-refractivity contribution in [1.29, 1.82) is 0 Å². The third-order valence-corrected chi connectivity index (χ3v) is 3.89. The average Bonchev–Trinajstić information content (AvgIpc) is 2.54. The second-order valence-electron chi connectivity index (χ2n) is 6.05. The summed E-state index contributed by atoms with van der Waals surface area (Å²) in [5.41, 5.74) is 6.54. The van der Waals surface area contributed by atoms with E-state index in [2.05, 4.69) is 63.2 Å². The first-order chi connectivity index (χ1) is 10.7. The topological polar surface area (TPSA) is 25.8 Å². The van der Waals surface area contributed by atoms with Crippen LogP contribution in [-0.4, -0.2) is 9.97 Å². The Kier molecular flexibility index (Phi) is 4.19. The lowest BCUT2D eigenvalue weighted by atomic mass is 10.0. The number of aryl methyl sites for hydroxylation is 1. The summed E-state index contributed by atoms with van der Waals surface area (Å²) in [5, 5.41) is 0. The summed E-state index contributed by atoms with van der Waals surface area (Å²) >= 11 is 0. The third-order valence-electron chi connectivity index (χ3n) is 3.89. The summed E-state index contributed by atoms with van der Waals surface area (Å²) in [4.78, 5) is 9.84. The van der Waals surface area contributed by atoms with E-state index in [0.717, 1.165) is 40.8 Å². The van der Waals surface area contributed by atoms with Crippen LogP contribution in [0.5, 0.6) is 0 Å². The van der Waals surface area contributed by atoms with Gasteiger partial charge in [-0.25, -0.2) is 9.97 Å². The van der Waals surface area contributed by atoms with Gasteiger partial charge in [0.15, 0.2) is 0 Å². The van der Waals surface area contributed by atoms with Crippen molar-refractivity contribution in [3.8, 4) is 11.3 Å². The van der Waals surface area contributed by atoms with E-state index in [9.17, 15) is 0 Å². The highest BCUT2D eigenvalue weighted by Crippen LogP contribution is 2.28. The fourth-order valence-electron chi connectivity index (χ4n) is 2.77. The number of rotatable bonds is 4. The van der Waals surface area contributed by atoms with Gasteiger partial charge in [-0.15, -0.1) is 0 Å². The van der Waals surface area contributed by atoms with Crippen LogP contribution in [0, 0.1) is 0 Å². The fraction of sp³-hybridized carbons (Fsp3) is 0.300. The summed E-state index contributed by atoms with van der Waals surface area (Å²) in [7, 11) is 0. The Morgan fingerprint density at radius 1 is 0.909 bits per heavy atom. The van der Waals surface area contributed by atoms with Gasteiger partial charge in [-0.05, 0) is 30.0 Å². The molecule has 112 valence electrons. The van der Waals surface area contributed by atoms with Crippen molar-refractivity contribution in [2.45, 2.75) is 39.5 Å². The second kappa shape index (κ2) is 6.27. The van der Waals surface area contributed by atoms with Crippen LogP contribution in [0.15, 0.2) is 48.5 Å². The number of nitrogens with zero attached hydrogens (tertiary/aromatic N) is 2. The van der Waals surface area contributed by atoms with Crippen molar-refractivity contribution in [2.24, 2.45) is 0 Å². The zero-order chi connectivity index (χ0) is 15.5. The third kappa shape index (κ3) is 2.87. The van der Waals surface area contributed by atoms with Gasteiger partial charge in [-0.3, -0.25) is 0 Å². The van der Waals surface area contributed by atoms with Gasteiger partial charge in [0, 0.05) is 5.56 Å². The molecular weight excluding hydrogens is 268 g/mol. The van der Waals surface area contributed by atoms with E-state index in [4.69, 9.17) is 9.97 Å². The first-order valence-corrected chi connectivity index (χ1v) is 8.05. The quantitative estimate of drug-likeness (QED) is 0.645. The number of benzene rings is 2. The molecule has 0 saturated carbocycles. The van der Waals surface area contributed by atoms with Crippen molar-refractivity contribution < 1.29 is 0 Å². The van der Waals surface area contributed by atoms with Crippen LogP contribution in [0.2, 0.25) is 0 Å². The van der Waals surface area contributed by atoms with Crippen LogP contribution in [0.4, 0.5) is 0 Å². The Labute approximate surface area is 132 Å². The van der Waals surface area contributed by atoms with Gasteiger partial charge in [0.25, 0.3) is 0 Å². The number of aromatic nitrogens is 2. The second-order valence-corrected chi connectivity index (χ2v) is 6.05. The molecule has 0 spiro atoms. The van der Waals surface area contributed by atoms with Crippen molar-refractivity contribution in [1.82, 2.24) is 9.97 Å². The van der Waals surface area contributed by atoms with Crippen LogP contribution < -0.4 is 0 Å². The molecule has 3 rings (SSSR count). The molecule has 0 aliphatic rings. The molecule has 0 N–H and O–H groups in total. The van der Waals surface area contributed by atoms with Crippen LogP contribution in [0.25, 0.3) is 22.3 Å². The predicted molar refractivity (Wildman–Crippen MR) is 93.1 cm³/mol. The van der Waals surface area contributed by atoms with Gasteiger partial charge in [0.1, 0.15) is 0 Å². The first kappa shape index (κ1) is 14.7. The van der Waals surface area contributed by atoms with E-state index in [1.165, 1.54) is 5.56 Å². The van der Waals surface area contributed by atoms with E-state index in [1.54, 1.807) is 0 Å². The number of hydrogen-bond donors (Lipinski definition) is 0. The maximum absolute atomic E-state index is 4.93. The normalized spacial score (nSPS) is 11.3. The SMILES string of the molecule is CCCc1ccc2nc(-c3ccccc3)c(C(C)C)nc2c1. The summed E-state index contributed by atoms with van der Waals surface area (Å²) < 4.78 is 0. The minimum atomic E-state index is 0.349. The highest BCUT2D eigenvalue weighted by molar-refractivity contribution is 5.79. The largest absolute Gasteiger partial charge is 0.249 e. The van der Waals surface area contributed by atoms with E-state index in [-0.39, 0.29) is 0 Å². The number of fused-ring (bicyclic) bond motifs is 1. The lowest BCUT2D eigenvalue weighted by molar-refractivity contribution is 0.825. The van der Waals surface area contributed by atoms with E-state index < -0.39 is 0 Å². The summed E-state index contributed by atoms with van der Waals surface area (Å²) in [6.07, 6.45) is 2.24. The summed E-state index contributed by atoms with van der Waals surface area (Å²) in [6, 6.07) is 16.8. The molecule has 2 heteroatoms. The monoisotopic (exact) mass is 290 g/mol. The average molecular weight is 290 g/mol. The maximum Gasteiger partial charge on any atom is 0.0927 e. The zero-order valence-corrected chi connectivity index (χ0v) is 13.5. The van der Waals surface area contributed by atoms with Crippen LogP contribution in [0.1, 0.15) is 44.4 Å². The summed E-state index contributed by atoms with van der Waals surface area (Å²) in [5.74, 6) is 0.349. The van der Waals surface area contributed by atoms with Gasteiger partial charge in [0.05, 0.1) is 22.4 Å². The fourth-order valence-corrected chi connectivity index (χ4v) is 2.77. The number of hydrogen-bond acceptors (Lipinski definition) is 2. The van der Waals surface area contributed by atoms with Crippen molar-refractivity contribution in [3.63, 3.8) is 0 Å². The van der Waals surface area contributed by atoms with Crippen molar-refractivity contribution in [2.75, 3.05) is 0 Å². The van der Waals surface area contributed by atoms with Gasteiger partial charge in [0.2, 0.25) is 0 Å². The van der Waals surface area contributed by atoms with Gasteiger partial charge in [-0.1, -0.05) is 63.6 Å². The molecule has 3 aromatic rings. The Balaban J connectivity index is 2.20. The molecule has 0 fully saturated rings. The molecule has 0 atom stereocenters. The minimum Gasteiger partial charge on any atom is -0.249 e. The first-order valence-electron chi connectivity index (χ1n) is 8.05. The molecule has 2 aromatic carbocycles.